The van der Waals surface area contributed by atoms with E-state index in [-0.39, 0.29) is 41.8 Å². The van der Waals surface area contributed by atoms with Crippen molar-refractivity contribution in [3.8, 4) is 0 Å². The SMILES string of the molecule is O=C1CCC(N2C(=O)c3cccc(NCc4cnn(C5CCN(C(=O)C6CCCC6)CC5)c4)c3C2=O)C(O)N1. The molecular formula is C28H34N6O5. The van der Waals surface area contributed by atoms with Gasteiger partial charge in [0, 0.05) is 49.4 Å². The van der Waals surface area contributed by atoms with Gasteiger partial charge >= 0.3 is 0 Å². The van der Waals surface area contributed by atoms with Gasteiger partial charge in [-0.25, -0.2) is 0 Å². The molecule has 2 atom stereocenters. The van der Waals surface area contributed by atoms with E-state index in [9.17, 15) is 24.3 Å². The smallest absolute Gasteiger partial charge is 0.264 e. The number of imide groups is 1. The van der Waals surface area contributed by atoms with Crippen molar-refractivity contribution in [3.63, 3.8) is 0 Å². The zero-order valence-electron chi connectivity index (χ0n) is 21.8. The Morgan fingerprint density at radius 2 is 1.82 bits per heavy atom. The van der Waals surface area contributed by atoms with Gasteiger partial charge in [0.2, 0.25) is 11.8 Å². The minimum absolute atomic E-state index is 0.139. The Balaban J connectivity index is 1.08. The third-order valence-corrected chi connectivity index (χ3v) is 8.61. The Labute approximate surface area is 226 Å². The van der Waals surface area contributed by atoms with Crippen LogP contribution in [0.4, 0.5) is 5.69 Å². The predicted octanol–water partition coefficient (Wildman–Crippen LogP) is 2.04. The number of rotatable bonds is 6. The molecule has 39 heavy (non-hydrogen) atoms. The molecule has 1 aromatic carbocycles. The molecule has 11 nitrogen and oxygen atoms in total. The lowest BCUT2D eigenvalue weighted by molar-refractivity contribution is -0.136. The Morgan fingerprint density at radius 3 is 2.56 bits per heavy atom. The molecule has 0 spiro atoms. The molecule has 0 radical (unpaired) electrons. The summed E-state index contributed by atoms with van der Waals surface area (Å²) >= 11 is 0. The van der Waals surface area contributed by atoms with Crippen molar-refractivity contribution in [2.24, 2.45) is 5.92 Å². The summed E-state index contributed by atoms with van der Waals surface area (Å²) in [5.74, 6) is -0.717. The number of aliphatic hydroxyl groups excluding tert-OH is 1. The summed E-state index contributed by atoms with van der Waals surface area (Å²) in [6, 6.07) is 4.52. The first-order valence-corrected chi connectivity index (χ1v) is 13.9. The molecule has 1 aliphatic carbocycles. The number of piperidine rings is 2. The molecule has 0 bridgehead atoms. The van der Waals surface area contributed by atoms with Crippen LogP contribution in [0.15, 0.2) is 30.6 Å². The highest BCUT2D eigenvalue weighted by atomic mass is 16.3. The molecule has 1 saturated carbocycles. The number of amides is 4. The zero-order valence-corrected chi connectivity index (χ0v) is 21.8. The number of aromatic nitrogens is 2. The molecule has 3 fully saturated rings. The van der Waals surface area contributed by atoms with Gasteiger partial charge in [0.1, 0.15) is 6.23 Å². The molecule has 2 saturated heterocycles. The number of likely N-dealkylation sites (tertiary alicyclic amines) is 1. The summed E-state index contributed by atoms with van der Waals surface area (Å²) < 4.78 is 1.97. The third kappa shape index (κ3) is 4.80. The topological polar surface area (TPSA) is 137 Å². The number of aliphatic hydroxyl groups is 1. The van der Waals surface area contributed by atoms with E-state index in [1.807, 2.05) is 15.8 Å². The maximum Gasteiger partial charge on any atom is 0.264 e. The summed E-state index contributed by atoms with van der Waals surface area (Å²) in [5, 5.41) is 20.6. The van der Waals surface area contributed by atoms with Gasteiger partial charge in [-0.05, 0) is 44.2 Å². The molecule has 4 heterocycles. The van der Waals surface area contributed by atoms with E-state index in [0.29, 0.717) is 18.1 Å². The summed E-state index contributed by atoms with van der Waals surface area (Å²) in [6.07, 6.45) is 8.98. The molecule has 11 heteroatoms. The number of carbonyl (C=O) groups is 4. The van der Waals surface area contributed by atoms with Crippen LogP contribution in [-0.4, -0.2) is 73.7 Å². The molecule has 2 unspecified atom stereocenters. The van der Waals surface area contributed by atoms with E-state index in [1.165, 1.54) is 0 Å². The number of hydrogen-bond donors (Lipinski definition) is 3. The molecule has 4 aliphatic rings. The van der Waals surface area contributed by atoms with Crippen LogP contribution < -0.4 is 10.6 Å². The van der Waals surface area contributed by atoms with Crippen LogP contribution in [0, 0.1) is 5.92 Å². The van der Waals surface area contributed by atoms with Crippen molar-refractivity contribution in [2.45, 2.75) is 76.2 Å². The number of anilines is 1. The molecule has 4 amide bonds. The highest BCUT2D eigenvalue weighted by molar-refractivity contribution is 6.24. The van der Waals surface area contributed by atoms with E-state index < -0.39 is 24.1 Å². The summed E-state index contributed by atoms with van der Waals surface area (Å²) in [7, 11) is 0. The van der Waals surface area contributed by atoms with E-state index >= 15 is 0 Å². The second-order valence-corrected chi connectivity index (χ2v) is 11.0. The molecule has 6 rings (SSSR count). The van der Waals surface area contributed by atoms with Gasteiger partial charge in [-0.3, -0.25) is 28.8 Å². The van der Waals surface area contributed by atoms with Crippen molar-refractivity contribution in [1.82, 2.24) is 24.9 Å². The van der Waals surface area contributed by atoms with E-state index in [0.717, 1.165) is 62.1 Å². The first-order chi connectivity index (χ1) is 18.9. The largest absolute Gasteiger partial charge is 0.380 e. The first-order valence-electron chi connectivity index (χ1n) is 13.9. The van der Waals surface area contributed by atoms with Gasteiger partial charge in [-0.15, -0.1) is 0 Å². The van der Waals surface area contributed by atoms with Gasteiger partial charge < -0.3 is 20.6 Å². The highest BCUT2D eigenvalue weighted by Crippen LogP contribution is 2.33. The van der Waals surface area contributed by atoms with E-state index in [2.05, 4.69) is 15.7 Å². The number of nitrogens with one attached hydrogen (secondary N) is 2. The van der Waals surface area contributed by atoms with Gasteiger partial charge in [0.25, 0.3) is 11.8 Å². The van der Waals surface area contributed by atoms with Gasteiger partial charge in [0.15, 0.2) is 0 Å². The molecule has 1 aromatic heterocycles. The number of benzene rings is 1. The Hall–Kier alpha value is -3.73. The van der Waals surface area contributed by atoms with E-state index in [1.54, 1.807) is 24.4 Å². The van der Waals surface area contributed by atoms with Crippen molar-refractivity contribution in [2.75, 3.05) is 18.4 Å². The van der Waals surface area contributed by atoms with E-state index in [4.69, 9.17) is 0 Å². The van der Waals surface area contributed by atoms with Gasteiger partial charge in [0.05, 0.1) is 29.4 Å². The van der Waals surface area contributed by atoms with Crippen molar-refractivity contribution in [1.29, 1.82) is 0 Å². The van der Waals surface area contributed by atoms with Crippen LogP contribution in [0.25, 0.3) is 0 Å². The third-order valence-electron chi connectivity index (χ3n) is 8.61. The average molecular weight is 535 g/mol. The lowest BCUT2D eigenvalue weighted by atomic mass is 10.0. The van der Waals surface area contributed by atoms with Crippen LogP contribution in [0.1, 0.15) is 83.7 Å². The molecule has 3 N–H and O–H groups in total. The zero-order chi connectivity index (χ0) is 27.1. The second kappa shape index (κ2) is 10.4. The number of fused-ring (bicyclic) bond motifs is 1. The lowest BCUT2D eigenvalue weighted by Crippen LogP contribution is -2.57. The Morgan fingerprint density at radius 1 is 1.05 bits per heavy atom. The first kappa shape index (κ1) is 25.5. The van der Waals surface area contributed by atoms with Crippen molar-refractivity contribution >= 4 is 29.3 Å². The second-order valence-electron chi connectivity index (χ2n) is 11.0. The Kier molecular flexibility index (Phi) is 6.84. The Bertz CT molecular complexity index is 1290. The minimum atomic E-state index is -1.29. The fraction of sp³-hybridized carbons (Fsp3) is 0.536. The standard InChI is InChI=1S/C28H34N6O5/c35-23-9-8-22(25(36)31-23)34-27(38)20-6-3-7-21(24(20)28(34)39)29-14-17-15-30-33(16-17)19-10-12-32(13-11-19)26(37)18-4-1-2-5-18/h3,6-7,15-16,18-19,22,25,29,36H,1-2,4-5,8-14H2,(H,31,35). The predicted molar refractivity (Wildman–Crippen MR) is 140 cm³/mol. The maximum atomic E-state index is 13.3. The van der Waals surface area contributed by atoms with Crippen LogP contribution in [0.2, 0.25) is 0 Å². The van der Waals surface area contributed by atoms with Crippen LogP contribution >= 0.6 is 0 Å². The summed E-state index contributed by atoms with van der Waals surface area (Å²) in [5.41, 5.74) is 2.03. The number of hydrogen-bond acceptors (Lipinski definition) is 7. The fourth-order valence-electron chi connectivity index (χ4n) is 6.44. The van der Waals surface area contributed by atoms with Crippen LogP contribution in [0.3, 0.4) is 0 Å². The average Bonchev–Trinajstić information content (AvgIpc) is 3.69. The maximum absolute atomic E-state index is 13.3. The van der Waals surface area contributed by atoms with Gasteiger partial charge in [-0.1, -0.05) is 18.9 Å². The molecule has 206 valence electrons. The van der Waals surface area contributed by atoms with Crippen LogP contribution in [-0.2, 0) is 16.1 Å². The van der Waals surface area contributed by atoms with Crippen molar-refractivity contribution < 1.29 is 24.3 Å². The summed E-state index contributed by atoms with van der Waals surface area (Å²) in [4.78, 5) is 53.9. The van der Waals surface area contributed by atoms with Gasteiger partial charge in [-0.2, -0.15) is 5.10 Å². The monoisotopic (exact) mass is 534 g/mol. The summed E-state index contributed by atoms with van der Waals surface area (Å²) in [6.45, 7) is 1.93. The molecular weight excluding hydrogens is 500 g/mol. The van der Waals surface area contributed by atoms with Crippen LogP contribution in [0.5, 0.6) is 0 Å². The number of carbonyl (C=O) groups excluding carboxylic acids is 4. The normalized spacial score (nSPS) is 24.3. The lowest BCUT2D eigenvalue weighted by Gasteiger charge is -2.33. The number of nitrogens with zero attached hydrogens (tertiary/aromatic N) is 4. The highest BCUT2D eigenvalue weighted by Gasteiger charge is 2.45. The fourth-order valence-corrected chi connectivity index (χ4v) is 6.44. The molecule has 3 aliphatic heterocycles. The van der Waals surface area contributed by atoms with Crippen molar-refractivity contribution in [3.05, 3.63) is 47.3 Å². The molecule has 2 aromatic rings. The quantitative estimate of drug-likeness (QED) is 0.483. The minimum Gasteiger partial charge on any atom is -0.380 e.